The molecule has 6 aliphatic rings. The maximum absolute atomic E-state index is 13.3. The van der Waals surface area contributed by atoms with E-state index in [9.17, 15) is 14.7 Å². The van der Waals surface area contributed by atoms with Crippen LogP contribution in [0.3, 0.4) is 0 Å². The van der Waals surface area contributed by atoms with E-state index in [-0.39, 0.29) is 24.1 Å². The molecule has 0 aromatic rings. The monoisotopic (exact) mass is 553 g/mol. The smallest absolute Gasteiger partial charge is 0.320 e. The van der Waals surface area contributed by atoms with Crippen LogP contribution in [0.5, 0.6) is 0 Å². The van der Waals surface area contributed by atoms with E-state index >= 15 is 0 Å². The molecule has 40 heavy (non-hydrogen) atoms. The molecule has 6 rings (SSSR count). The number of aliphatic hydroxyl groups excluding tert-OH is 1. The number of piperazine rings is 1. The Kier molecular flexibility index (Phi) is 7.80. The normalized spacial score (nSPS) is 42.1. The molecule has 6 heteroatoms. The molecule has 6 nitrogen and oxygen atoms in total. The van der Waals surface area contributed by atoms with Gasteiger partial charge in [-0.25, -0.2) is 4.79 Å². The fraction of sp³-hybridized carbons (Fsp3) is 0.882. The van der Waals surface area contributed by atoms with Crippen molar-refractivity contribution in [1.29, 1.82) is 0 Å². The largest absolute Gasteiger partial charge is 0.393 e. The minimum absolute atomic E-state index is 0.0901. The molecule has 0 aromatic heterocycles. The highest BCUT2D eigenvalue weighted by molar-refractivity contribution is 5.78. The number of carbonyl (C=O) groups excluding carboxylic acids is 2. The molecule has 2 saturated heterocycles. The SMILES string of the molecule is CC(CCC(=O)N1CCN(C(=O)N2CCCC2)[C@@H](C)C1)[C@H]1CC[C@H]2[C@@H]3CC=C4C[C@@H](O)CC[C@]4(C)[C@H]3CC[C@]12C. The summed E-state index contributed by atoms with van der Waals surface area (Å²) in [4.78, 5) is 32.3. The lowest BCUT2D eigenvalue weighted by Crippen LogP contribution is -2.58. The first kappa shape index (κ1) is 28.6. The van der Waals surface area contributed by atoms with Crippen LogP contribution < -0.4 is 0 Å². The van der Waals surface area contributed by atoms with Crippen LogP contribution in [0, 0.1) is 40.4 Å². The zero-order valence-electron chi connectivity index (χ0n) is 25.7. The van der Waals surface area contributed by atoms with Crippen LogP contribution in [-0.2, 0) is 4.79 Å². The van der Waals surface area contributed by atoms with E-state index in [0.29, 0.717) is 48.7 Å². The summed E-state index contributed by atoms with van der Waals surface area (Å²) >= 11 is 0. The second-order valence-electron chi connectivity index (χ2n) is 15.3. The molecule has 0 radical (unpaired) electrons. The van der Waals surface area contributed by atoms with E-state index in [2.05, 4.69) is 33.8 Å². The number of fused-ring (bicyclic) bond motifs is 5. The second kappa shape index (κ2) is 10.9. The molecule has 2 heterocycles. The first-order valence-corrected chi connectivity index (χ1v) is 16.8. The maximum Gasteiger partial charge on any atom is 0.320 e. The summed E-state index contributed by atoms with van der Waals surface area (Å²) in [6, 6.07) is 0.261. The van der Waals surface area contributed by atoms with Crippen molar-refractivity contribution in [3.63, 3.8) is 0 Å². The zero-order chi connectivity index (χ0) is 28.2. The topological polar surface area (TPSA) is 64.1 Å². The molecule has 9 atom stereocenters. The van der Waals surface area contributed by atoms with Crippen molar-refractivity contribution >= 4 is 11.9 Å². The van der Waals surface area contributed by atoms with Gasteiger partial charge in [-0.3, -0.25) is 4.79 Å². The predicted octanol–water partition coefficient (Wildman–Crippen LogP) is 6.09. The van der Waals surface area contributed by atoms with Crippen molar-refractivity contribution in [1.82, 2.24) is 14.7 Å². The standard InChI is InChI=1S/C34H55N3O3/c1-23(7-12-31(39)36-19-20-37(24(2)22-36)32(40)35-17-5-6-18-35)28-10-11-29-27-9-8-25-21-26(38)13-15-33(25,3)30(27)14-16-34(28,29)4/h8,23-24,26-30,38H,5-7,9-22H2,1-4H3/t23?,24-,26-,27-,28+,29-,30-,33-,34+/m0/s1. The van der Waals surface area contributed by atoms with E-state index in [1.165, 1.54) is 32.1 Å². The van der Waals surface area contributed by atoms with Crippen LogP contribution in [0.15, 0.2) is 11.6 Å². The molecule has 5 fully saturated rings. The van der Waals surface area contributed by atoms with Gasteiger partial charge in [0.25, 0.3) is 0 Å². The molecule has 0 spiro atoms. The Balaban J connectivity index is 1.03. The molecule has 2 aliphatic heterocycles. The van der Waals surface area contributed by atoms with Crippen LogP contribution >= 0.6 is 0 Å². The summed E-state index contributed by atoms with van der Waals surface area (Å²) < 4.78 is 0. The Hall–Kier alpha value is -1.56. The Morgan fingerprint density at radius 2 is 1.77 bits per heavy atom. The van der Waals surface area contributed by atoms with Gasteiger partial charge < -0.3 is 19.8 Å². The van der Waals surface area contributed by atoms with Gasteiger partial charge in [0, 0.05) is 45.2 Å². The summed E-state index contributed by atoms with van der Waals surface area (Å²) in [6.45, 7) is 13.4. The molecule has 0 bridgehead atoms. The molecule has 0 aromatic carbocycles. The Morgan fingerprint density at radius 1 is 1.00 bits per heavy atom. The highest BCUT2D eigenvalue weighted by atomic mass is 16.3. The van der Waals surface area contributed by atoms with E-state index < -0.39 is 0 Å². The molecule has 1 unspecified atom stereocenters. The Morgan fingerprint density at radius 3 is 2.52 bits per heavy atom. The summed E-state index contributed by atoms with van der Waals surface area (Å²) in [5.41, 5.74) is 2.27. The third kappa shape index (κ3) is 4.82. The van der Waals surface area contributed by atoms with Crippen molar-refractivity contribution in [2.45, 2.75) is 117 Å². The van der Waals surface area contributed by atoms with E-state index in [0.717, 1.165) is 69.4 Å². The number of rotatable bonds is 4. The van der Waals surface area contributed by atoms with Crippen LogP contribution in [0.4, 0.5) is 4.79 Å². The third-order valence-corrected chi connectivity index (χ3v) is 13.3. The molecule has 4 aliphatic carbocycles. The summed E-state index contributed by atoms with van der Waals surface area (Å²) in [5.74, 6) is 3.95. The second-order valence-corrected chi connectivity index (χ2v) is 15.3. The van der Waals surface area contributed by atoms with Gasteiger partial charge in [0.05, 0.1) is 6.10 Å². The van der Waals surface area contributed by atoms with Gasteiger partial charge in [-0.15, -0.1) is 0 Å². The minimum Gasteiger partial charge on any atom is -0.393 e. The number of nitrogens with zero attached hydrogens (tertiary/aromatic N) is 3. The van der Waals surface area contributed by atoms with Gasteiger partial charge in [-0.2, -0.15) is 0 Å². The van der Waals surface area contributed by atoms with E-state index in [1.54, 1.807) is 5.57 Å². The molecular weight excluding hydrogens is 498 g/mol. The number of hydrogen-bond acceptors (Lipinski definition) is 3. The maximum atomic E-state index is 13.3. The van der Waals surface area contributed by atoms with Gasteiger partial charge in [0.2, 0.25) is 5.91 Å². The highest BCUT2D eigenvalue weighted by Crippen LogP contribution is 2.67. The van der Waals surface area contributed by atoms with Crippen molar-refractivity contribution in [2.24, 2.45) is 40.4 Å². The fourth-order valence-corrected chi connectivity index (χ4v) is 10.9. The van der Waals surface area contributed by atoms with Gasteiger partial charge >= 0.3 is 6.03 Å². The minimum atomic E-state index is -0.131. The van der Waals surface area contributed by atoms with Gasteiger partial charge in [0.1, 0.15) is 0 Å². The van der Waals surface area contributed by atoms with Crippen molar-refractivity contribution in [3.05, 3.63) is 11.6 Å². The average Bonchev–Trinajstić information content (AvgIpc) is 3.59. The van der Waals surface area contributed by atoms with Crippen LogP contribution in [0.2, 0.25) is 0 Å². The van der Waals surface area contributed by atoms with Gasteiger partial charge in [0.15, 0.2) is 0 Å². The number of aliphatic hydroxyl groups is 1. The van der Waals surface area contributed by atoms with Crippen LogP contribution in [-0.4, -0.2) is 76.6 Å². The van der Waals surface area contributed by atoms with E-state index in [1.807, 2.05) is 14.7 Å². The Labute approximate surface area is 242 Å². The van der Waals surface area contributed by atoms with Gasteiger partial charge in [-0.05, 0) is 118 Å². The molecule has 1 N–H and O–H groups in total. The number of urea groups is 1. The number of hydrogen-bond donors (Lipinski definition) is 1. The molecule has 3 amide bonds. The summed E-state index contributed by atoms with van der Waals surface area (Å²) in [7, 11) is 0. The number of likely N-dealkylation sites (tertiary alicyclic amines) is 1. The molecular formula is C34H55N3O3. The third-order valence-electron chi connectivity index (χ3n) is 13.3. The highest BCUT2D eigenvalue weighted by Gasteiger charge is 2.59. The number of allylic oxidation sites excluding steroid dienone is 1. The fourth-order valence-electron chi connectivity index (χ4n) is 10.9. The lowest BCUT2D eigenvalue weighted by Gasteiger charge is -2.58. The van der Waals surface area contributed by atoms with Gasteiger partial charge in [-0.1, -0.05) is 32.4 Å². The lowest BCUT2D eigenvalue weighted by molar-refractivity contribution is -0.134. The number of amides is 3. The summed E-state index contributed by atoms with van der Waals surface area (Å²) in [6.07, 6.45) is 15.9. The van der Waals surface area contributed by atoms with E-state index in [4.69, 9.17) is 0 Å². The lowest BCUT2D eigenvalue weighted by atomic mass is 9.47. The van der Waals surface area contributed by atoms with Crippen LogP contribution in [0.1, 0.15) is 105 Å². The first-order chi connectivity index (χ1) is 19.1. The zero-order valence-corrected chi connectivity index (χ0v) is 25.7. The Bertz CT molecular complexity index is 1010. The van der Waals surface area contributed by atoms with Crippen molar-refractivity contribution in [3.8, 4) is 0 Å². The van der Waals surface area contributed by atoms with Crippen molar-refractivity contribution in [2.75, 3.05) is 32.7 Å². The number of carbonyl (C=O) groups is 2. The molecule has 3 saturated carbocycles. The van der Waals surface area contributed by atoms with Crippen LogP contribution in [0.25, 0.3) is 0 Å². The molecule has 224 valence electrons. The first-order valence-electron chi connectivity index (χ1n) is 16.8. The quantitative estimate of drug-likeness (QED) is 0.429. The summed E-state index contributed by atoms with van der Waals surface area (Å²) in [5, 5.41) is 10.3. The average molecular weight is 554 g/mol. The van der Waals surface area contributed by atoms with Crippen molar-refractivity contribution < 1.29 is 14.7 Å². The predicted molar refractivity (Wildman–Crippen MR) is 159 cm³/mol.